The van der Waals surface area contributed by atoms with Crippen LogP contribution in [0.15, 0.2) is 42.5 Å². The molecular weight excluding hydrogens is 288 g/mol. The fourth-order valence-electron chi connectivity index (χ4n) is 1.85. The minimum atomic E-state index is -0.416. The Morgan fingerprint density at radius 1 is 1.33 bits per heavy atom. The van der Waals surface area contributed by atoms with Crippen molar-refractivity contribution in [1.82, 2.24) is 0 Å². The van der Waals surface area contributed by atoms with Crippen molar-refractivity contribution in [2.45, 2.75) is 6.54 Å². The molecule has 1 N–H and O–H groups in total. The van der Waals surface area contributed by atoms with E-state index in [1.807, 2.05) is 12.1 Å². The van der Waals surface area contributed by atoms with E-state index in [1.165, 1.54) is 7.11 Å². The Morgan fingerprint density at radius 2 is 2.14 bits per heavy atom. The van der Waals surface area contributed by atoms with Gasteiger partial charge in [0, 0.05) is 6.54 Å². The maximum atomic E-state index is 11.5. The van der Waals surface area contributed by atoms with Gasteiger partial charge in [0.2, 0.25) is 0 Å². The first-order chi connectivity index (χ1) is 10.1. The number of rotatable bonds is 4. The van der Waals surface area contributed by atoms with Crippen LogP contribution in [0.1, 0.15) is 21.5 Å². The SMILES string of the molecule is COC(=O)c1ccc(Cl)c(NCc2cccc(C#N)c2)c1. The van der Waals surface area contributed by atoms with Crippen molar-refractivity contribution in [3.8, 4) is 6.07 Å². The van der Waals surface area contributed by atoms with Crippen LogP contribution in [0.25, 0.3) is 0 Å². The molecule has 0 radical (unpaired) electrons. The van der Waals surface area contributed by atoms with Crippen LogP contribution in [-0.4, -0.2) is 13.1 Å². The number of carbonyl (C=O) groups excluding carboxylic acids is 1. The van der Waals surface area contributed by atoms with Crippen LogP contribution in [0.5, 0.6) is 0 Å². The van der Waals surface area contributed by atoms with Crippen LogP contribution >= 0.6 is 11.6 Å². The number of methoxy groups -OCH3 is 1. The van der Waals surface area contributed by atoms with Crippen molar-refractivity contribution < 1.29 is 9.53 Å². The molecule has 0 fully saturated rings. The van der Waals surface area contributed by atoms with Crippen molar-refractivity contribution in [2.75, 3.05) is 12.4 Å². The number of nitrogens with one attached hydrogen (secondary N) is 1. The molecule has 21 heavy (non-hydrogen) atoms. The third-order valence-electron chi connectivity index (χ3n) is 2.93. The third kappa shape index (κ3) is 3.74. The highest BCUT2D eigenvalue weighted by molar-refractivity contribution is 6.33. The number of nitrogens with zero attached hydrogens (tertiary/aromatic N) is 1. The summed E-state index contributed by atoms with van der Waals surface area (Å²) in [6.07, 6.45) is 0. The Hall–Kier alpha value is -2.51. The summed E-state index contributed by atoms with van der Waals surface area (Å²) in [4.78, 5) is 11.5. The maximum absolute atomic E-state index is 11.5. The van der Waals surface area contributed by atoms with Crippen molar-refractivity contribution in [1.29, 1.82) is 5.26 Å². The van der Waals surface area contributed by atoms with Gasteiger partial charge in [0.15, 0.2) is 0 Å². The highest BCUT2D eigenvalue weighted by atomic mass is 35.5. The van der Waals surface area contributed by atoms with Gasteiger partial charge in [-0.2, -0.15) is 5.26 Å². The van der Waals surface area contributed by atoms with Crippen LogP contribution in [-0.2, 0) is 11.3 Å². The molecular formula is C16H13ClN2O2. The molecule has 0 saturated carbocycles. The topological polar surface area (TPSA) is 62.1 Å². The van der Waals surface area contributed by atoms with Crippen molar-refractivity contribution in [3.05, 3.63) is 64.2 Å². The van der Waals surface area contributed by atoms with Gasteiger partial charge >= 0.3 is 5.97 Å². The van der Waals surface area contributed by atoms with Gasteiger partial charge in [-0.3, -0.25) is 0 Å². The molecule has 0 aliphatic heterocycles. The fraction of sp³-hybridized carbons (Fsp3) is 0.125. The molecule has 2 aromatic carbocycles. The zero-order valence-corrected chi connectivity index (χ0v) is 12.1. The molecule has 0 aliphatic rings. The number of nitriles is 1. The highest BCUT2D eigenvalue weighted by Crippen LogP contribution is 2.24. The number of ether oxygens (including phenoxy) is 1. The second kappa shape index (κ2) is 6.78. The number of anilines is 1. The van der Waals surface area contributed by atoms with E-state index < -0.39 is 5.97 Å². The molecule has 0 spiro atoms. The van der Waals surface area contributed by atoms with E-state index in [2.05, 4.69) is 16.1 Å². The monoisotopic (exact) mass is 300 g/mol. The van der Waals surface area contributed by atoms with Crippen LogP contribution in [0, 0.1) is 11.3 Å². The van der Waals surface area contributed by atoms with E-state index in [0.29, 0.717) is 28.4 Å². The minimum Gasteiger partial charge on any atom is -0.465 e. The lowest BCUT2D eigenvalue weighted by molar-refractivity contribution is 0.0601. The van der Waals surface area contributed by atoms with E-state index in [4.69, 9.17) is 16.9 Å². The molecule has 106 valence electrons. The van der Waals surface area contributed by atoms with E-state index in [-0.39, 0.29) is 0 Å². The van der Waals surface area contributed by atoms with Gasteiger partial charge in [-0.15, -0.1) is 0 Å². The van der Waals surface area contributed by atoms with Crippen LogP contribution < -0.4 is 5.32 Å². The van der Waals surface area contributed by atoms with Gasteiger partial charge in [0.05, 0.1) is 35.0 Å². The van der Waals surface area contributed by atoms with Crippen LogP contribution in [0.2, 0.25) is 5.02 Å². The number of carbonyl (C=O) groups is 1. The summed E-state index contributed by atoms with van der Waals surface area (Å²) >= 11 is 6.10. The standard InChI is InChI=1S/C16H13ClN2O2/c1-21-16(20)13-5-6-14(17)15(8-13)19-10-12-4-2-3-11(7-12)9-18/h2-8,19H,10H2,1H3. The molecule has 5 heteroatoms. The molecule has 0 bridgehead atoms. The lowest BCUT2D eigenvalue weighted by Crippen LogP contribution is -2.04. The summed E-state index contributed by atoms with van der Waals surface area (Å²) in [6, 6.07) is 14.3. The van der Waals surface area contributed by atoms with Gasteiger partial charge in [0.1, 0.15) is 0 Å². The second-order valence-corrected chi connectivity index (χ2v) is 4.76. The Balaban J connectivity index is 2.15. The molecule has 0 aliphatic carbocycles. The predicted molar refractivity (Wildman–Crippen MR) is 81.3 cm³/mol. The van der Waals surface area contributed by atoms with E-state index in [9.17, 15) is 4.79 Å². The Labute approximate surface area is 127 Å². The second-order valence-electron chi connectivity index (χ2n) is 4.35. The molecule has 0 atom stereocenters. The summed E-state index contributed by atoms with van der Waals surface area (Å²) in [5.41, 5.74) is 2.62. The first-order valence-corrected chi connectivity index (χ1v) is 6.62. The lowest BCUT2D eigenvalue weighted by atomic mass is 10.1. The van der Waals surface area contributed by atoms with Gasteiger partial charge in [-0.25, -0.2) is 4.79 Å². The zero-order chi connectivity index (χ0) is 15.2. The van der Waals surface area contributed by atoms with E-state index >= 15 is 0 Å². The lowest BCUT2D eigenvalue weighted by Gasteiger charge is -2.10. The Kier molecular flexibility index (Phi) is 4.81. The maximum Gasteiger partial charge on any atom is 0.337 e. The first kappa shape index (κ1) is 14.9. The minimum absolute atomic E-state index is 0.416. The highest BCUT2D eigenvalue weighted by Gasteiger charge is 2.08. The number of esters is 1. The first-order valence-electron chi connectivity index (χ1n) is 6.25. The number of benzene rings is 2. The quantitative estimate of drug-likeness (QED) is 0.876. The van der Waals surface area contributed by atoms with Crippen molar-refractivity contribution in [3.63, 3.8) is 0 Å². The van der Waals surface area contributed by atoms with Crippen LogP contribution in [0.4, 0.5) is 5.69 Å². The normalized spacial score (nSPS) is 9.76. The smallest absolute Gasteiger partial charge is 0.337 e. The zero-order valence-electron chi connectivity index (χ0n) is 11.4. The molecule has 2 rings (SSSR count). The Morgan fingerprint density at radius 3 is 2.86 bits per heavy atom. The molecule has 0 unspecified atom stereocenters. The number of hydrogen-bond donors (Lipinski definition) is 1. The fourth-order valence-corrected chi connectivity index (χ4v) is 2.04. The predicted octanol–water partition coefficient (Wildman–Crippen LogP) is 3.61. The third-order valence-corrected chi connectivity index (χ3v) is 3.26. The molecule has 0 saturated heterocycles. The molecule has 0 heterocycles. The Bertz CT molecular complexity index is 708. The van der Waals surface area contributed by atoms with Crippen LogP contribution in [0.3, 0.4) is 0 Å². The average Bonchev–Trinajstić information content (AvgIpc) is 2.53. The van der Waals surface area contributed by atoms with Crippen molar-refractivity contribution in [2.24, 2.45) is 0 Å². The van der Waals surface area contributed by atoms with Gasteiger partial charge in [0.25, 0.3) is 0 Å². The summed E-state index contributed by atoms with van der Waals surface area (Å²) in [5, 5.41) is 12.5. The summed E-state index contributed by atoms with van der Waals surface area (Å²) in [6.45, 7) is 0.500. The number of halogens is 1. The van der Waals surface area contributed by atoms with Gasteiger partial charge in [-0.05, 0) is 35.9 Å². The van der Waals surface area contributed by atoms with Crippen molar-refractivity contribution >= 4 is 23.3 Å². The molecule has 0 aromatic heterocycles. The van der Waals surface area contributed by atoms with Gasteiger partial charge < -0.3 is 10.1 Å². The molecule has 0 amide bonds. The largest absolute Gasteiger partial charge is 0.465 e. The summed E-state index contributed by atoms with van der Waals surface area (Å²) in [5.74, 6) is -0.416. The molecule has 4 nitrogen and oxygen atoms in total. The summed E-state index contributed by atoms with van der Waals surface area (Å²) < 4.78 is 4.68. The average molecular weight is 301 g/mol. The number of hydrogen-bond acceptors (Lipinski definition) is 4. The van der Waals surface area contributed by atoms with E-state index in [0.717, 1.165) is 5.56 Å². The van der Waals surface area contributed by atoms with E-state index in [1.54, 1.807) is 30.3 Å². The summed E-state index contributed by atoms with van der Waals surface area (Å²) in [7, 11) is 1.33. The molecule has 2 aromatic rings. The van der Waals surface area contributed by atoms with Gasteiger partial charge in [-0.1, -0.05) is 23.7 Å².